The molecule has 0 aromatic carbocycles. The molecule has 0 amide bonds. The molecule has 2 N–H and O–H groups in total. The number of rotatable bonds is 5. The molecule has 1 fully saturated rings. The van der Waals surface area contributed by atoms with Crippen LogP contribution < -0.4 is 10.6 Å². The first-order valence-electron chi connectivity index (χ1n) is 7.89. The van der Waals surface area contributed by atoms with Gasteiger partial charge in [-0.25, -0.2) is 9.98 Å². The fourth-order valence-corrected chi connectivity index (χ4v) is 3.63. The SMILES string of the molecule is CCNC(=NCc1nc(C)c(C)s1)NC1CC(OC)C1(C)C. The first kappa shape index (κ1) is 17.2. The number of aliphatic imine (C=N–C) groups is 1. The Hall–Kier alpha value is -1.14. The number of hydrogen-bond acceptors (Lipinski definition) is 4. The van der Waals surface area contributed by atoms with Crippen molar-refractivity contribution in [3.63, 3.8) is 0 Å². The standard InChI is InChI=1S/C16H28N4OS/c1-7-17-15(18-9-14-19-10(2)11(3)22-14)20-12-8-13(21-6)16(12,4)5/h12-13H,7-9H2,1-6H3,(H2,17,18,20). The van der Waals surface area contributed by atoms with Crippen LogP contribution >= 0.6 is 11.3 Å². The van der Waals surface area contributed by atoms with Crippen LogP contribution in [-0.2, 0) is 11.3 Å². The molecule has 0 aliphatic heterocycles. The number of aryl methyl sites for hydroxylation is 2. The van der Waals surface area contributed by atoms with Crippen molar-refractivity contribution >= 4 is 17.3 Å². The lowest BCUT2D eigenvalue weighted by molar-refractivity contribution is -0.0922. The zero-order chi connectivity index (χ0) is 16.3. The quantitative estimate of drug-likeness (QED) is 0.646. The van der Waals surface area contributed by atoms with Crippen LogP contribution in [0.15, 0.2) is 4.99 Å². The molecule has 124 valence electrons. The van der Waals surface area contributed by atoms with Gasteiger partial charge in [0.1, 0.15) is 5.01 Å². The minimum Gasteiger partial charge on any atom is -0.381 e. The summed E-state index contributed by atoms with van der Waals surface area (Å²) in [4.78, 5) is 10.5. The van der Waals surface area contributed by atoms with Gasteiger partial charge >= 0.3 is 0 Å². The first-order chi connectivity index (χ1) is 10.4. The molecule has 0 spiro atoms. The van der Waals surface area contributed by atoms with Crippen molar-refractivity contribution in [2.75, 3.05) is 13.7 Å². The maximum atomic E-state index is 5.51. The highest BCUT2D eigenvalue weighted by molar-refractivity contribution is 7.11. The Bertz CT molecular complexity index is 519. The Morgan fingerprint density at radius 3 is 2.68 bits per heavy atom. The molecule has 5 nitrogen and oxygen atoms in total. The van der Waals surface area contributed by atoms with Crippen molar-refractivity contribution in [3.05, 3.63) is 15.6 Å². The Labute approximate surface area is 137 Å². The van der Waals surface area contributed by atoms with E-state index in [1.54, 1.807) is 18.4 Å². The number of thiazole rings is 1. The molecule has 1 aromatic rings. The van der Waals surface area contributed by atoms with Gasteiger partial charge in [0.2, 0.25) is 0 Å². The summed E-state index contributed by atoms with van der Waals surface area (Å²) in [5.74, 6) is 0.862. The van der Waals surface area contributed by atoms with Crippen LogP contribution in [0.1, 0.15) is 42.8 Å². The molecule has 2 unspecified atom stereocenters. The molecule has 1 aliphatic carbocycles. The Kier molecular flexibility index (Phi) is 5.45. The number of aromatic nitrogens is 1. The number of ether oxygens (including phenoxy) is 1. The van der Waals surface area contributed by atoms with Gasteiger partial charge < -0.3 is 15.4 Å². The number of nitrogens with zero attached hydrogens (tertiary/aromatic N) is 2. The van der Waals surface area contributed by atoms with E-state index in [1.807, 2.05) is 6.92 Å². The third-order valence-corrected chi connectivity index (χ3v) is 5.62. The third-order valence-electron chi connectivity index (χ3n) is 4.56. The van der Waals surface area contributed by atoms with Crippen molar-refractivity contribution in [3.8, 4) is 0 Å². The van der Waals surface area contributed by atoms with Crippen molar-refractivity contribution < 1.29 is 4.74 Å². The maximum Gasteiger partial charge on any atom is 0.191 e. The molecule has 1 heterocycles. The normalized spacial score (nSPS) is 24.0. The summed E-state index contributed by atoms with van der Waals surface area (Å²) in [6.45, 7) is 12.2. The summed E-state index contributed by atoms with van der Waals surface area (Å²) in [6, 6.07) is 0.384. The summed E-state index contributed by atoms with van der Waals surface area (Å²) in [5, 5.41) is 7.92. The van der Waals surface area contributed by atoms with Gasteiger partial charge in [-0.15, -0.1) is 11.3 Å². The lowest BCUT2D eigenvalue weighted by Gasteiger charge is -2.51. The van der Waals surface area contributed by atoms with E-state index in [2.05, 4.69) is 48.3 Å². The van der Waals surface area contributed by atoms with Crippen LogP contribution in [0.25, 0.3) is 0 Å². The van der Waals surface area contributed by atoms with E-state index < -0.39 is 0 Å². The Morgan fingerprint density at radius 1 is 1.45 bits per heavy atom. The first-order valence-corrected chi connectivity index (χ1v) is 8.70. The summed E-state index contributed by atoms with van der Waals surface area (Å²) >= 11 is 1.72. The third kappa shape index (κ3) is 3.60. The van der Waals surface area contributed by atoms with Gasteiger partial charge in [0.05, 0.1) is 18.3 Å². The van der Waals surface area contributed by atoms with Crippen LogP contribution in [0.4, 0.5) is 0 Å². The minimum absolute atomic E-state index is 0.124. The van der Waals surface area contributed by atoms with E-state index in [-0.39, 0.29) is 5.41 Å². The molecular formula is C16H28N4OS. The van der Waals surface area contributed by atoms with Crippen molar-refractivity contribution in [1.82, 2.24) is 15.6 Å². The molecular weight excluding hydrogens is 296 g/mol. The molecule has 6 heteroatoms. The van der Waals surface area contributed by atoms with E-state index in [1.165, 1.54) is 4.88 Å². The second-order valence-electron chi connectivity index (χ2n) is 6.42. The van der Waals surface area contributed by atoms with E-state index in [4.69, 9.17) is 4.74 Å². The average molecular weight is 324 g/mol. The number of nitrogens with one attached hydrogen (secondary N) is 2. The highest BCUT2D eigenvalue weighted by Gasteiger charge is 2.48. The predicted octanol–water partition coefficient (Wildman–Crippen LogP) is 2.63. The molecule has 2 atom stereocenters. The monoisotopic (exact) mass is 324 g/mol. The lowest BCUT2D eigenvalue weighted by atomic mass is 9.64. The van der Waals surface area contributed by atoms with E-state index in [0.717, 1.165) is 29.6 Å². The predicted molar refractivity (Wildman–Crippen MR) is 92.5 cm³/mol. The number of methoxy groups -OCH3 is 1. The van der Waals surface area contributed by atoms with Gasteiger partial charge in [-0.05, 0) is 27.2 Å². The van der Waals surface area contributed by atoms with Gasteiger partial charge in [0.25, 0.3) is 0 Å². The van der Waals surface area contributed by atoms with E-state index in [0.29, 0.717) is 18.7 Å². The highest BCUT2D eigenvalue weighted by Crippen LogP contribution is 2.42. The smallest absolute Gasteiger partial charge is 0.191 e. The molecule has 0 bridgehead atoms. The molecule has 1 aromatic heterocycles. The molecule has 2 rings (SSSR count). The zero-order valence-electron chi connectivity index (χ0n) is 14.5. The Balaban J connectivity index is 1.99. The average Bonchev–Trinajstić information content (AvgIpc) is 2.79. The molecule has 22 heavy (non-hydrogen) atoms. The van der Waals surface area contributed by atoms with Crippen molar-refractivity contribution in [2.24, 2.45) is 10.4 Å². The Morgan fingerprint density at radius 2 is 2.18 bits per heavy atom. The summed E-state index contributed by atoms with van der Waals surface area (Å²) < 4.78 is 5.51. The minimum atomic E-state index is 0.124. The van der Waals surface area contributed by atoms with Crippen LogP contribution in [0.2, 0.25) is 0 Å². The van der Waals surface area contributed by atoms with Gasteiger partial charge in [-0.1, -0.05) is 13.8 Å². The number of guanidine groups is 1. The van der Waals surface area contributed by atoms with Gasteiger partial charge in [0.15, 0.2) is 5.96 Å². The van der Waals surface area contributed by atoms with Gasteiger partial charge in [-0.3, -0.25) is 0 Å². The second-order valence-corrected chi connectivity index (χ2v) is 7.71. The fourth-order valence-electron chi connectivity index (χ4n) is 2.77. The van der Waals surface area contributed by atoms with Crippen LogP contribution in [-0.4, -0.2) is 36.7 Å². The number of hydrogen-bond donors (Lipinski definition) is 2. The largest absolute Gasteiger partial charge is 0.381 e. The van der Waals surface area contributed by atoms with E-state index in [9.17, 15) is 0 Å². The fraction of sp³-hybridized carbons (Fsp3) is 0.750. The lowest BCUT2D eigenvalue weighted by Crippen LogP contribution is -2.63. The van der Waals surface area contributed by atoms with Crippen molar-refractivity contribution in [2.45, 2.75) is 59.7 Å². The van der Waals surface area contributed by atoms with Gasteiger partial charge in [0, 0.05) is 30.0 Å². The summed E-state index contributed by atoms with van der Waals surface area (Å²) in [7, 11) is 1.79. The van der Waals surface area contributed by atoms with E-state index >= 15 is 0 Å². The molecule has 0 radical (unpaired) electrons. The van der Waals surface area contributed by atoms with Crippen molar-refractivity contribution in [1.29, 1.82) is 0 Å². The summed E-state index contributed by atoms with van der Waals surface area (Å²) in [6.07, 6.45) is 1.33. The second kappa shape index (κ2) is 6.96. The van der Waals surface area contributed by atoms with Crippen LogP contribution in [0, 0.1) is 19.3 Å². The highest BCUT2D eigenvalue weighted by atomic mass is 32.1. The van der Waals surface area contributed by atoms with Gasteiger partial charge in [-0.2, -0.15) is 0 Å². The molecule has 0 saturated heterocycles. The maximum absolute atomic E-state index is 5.51. The van der Waals surface area contributed by atoms with Crippen LogP contribution in [0.5, 0.6) is 0 Å². The summed E-state index contributed by atoms with van der Waals surface area (Å²) in [5.41, 5.74) is 1.23. The molecule has 1 aliphatic rings. The topological polar surface area (TPSA) is 58.5 Å². The zero-order valence-corrected chi connectivity index (χ0v) is 15.3. The molecule has 1 saturated carbocycles. The van der Waals surface area contributed by atoms with Crippen LogP contribution in [0.3, 0.4) is 0 Å².